The summed E-state index contributed by atoms with van der Waals surface area (Å²) >= 11 is 0. The van der Waals surface area contributed by atoms with Gasteiger partial charge in [0.05, 0.1) is 11.0 Å². The van der Waals surface area contributed by atoms with Crippen LogP contribution in [0, 0.1) is 5.92 Å². The number of anilines is 1. The highest BCUT2D eigenvalue weighted by Gasteiger charge is 2.22. The zero-order valence-electron chi connectivity index (χ0n) is 17.0. The van der Waals surface area contributed by atoms with Crippen LogP contribution in [-0.4, -0.2) is 33.6 Å². The van der Waals surface area contributed by atoms with Gasteiger partial charge in [0.15, 0.2) is 5.82 Å². The molecule has 3 N–H and O–H groups in total. The number of para-hydroxylation sites is 1. The number of nitrogens with zero attached hydrogens (tertiary/aromatic N) is 3. The quantitative estimate of drug-likeness (QED) is 0.570. The average molecular weight is 396 g/mol. The number of benzene rings is 1. The maximum atomic E-state index is 12.3. The monoisotopic (exact) mass is 395 g/mol. The standard InChI is InChI=1S/C22H29N5O2/c1-2-29-14-18-26-19-20(16-10-5-6-11-17(16)25-21(19)23)27(18)13-7-12-24-22(28)15-8-3-4-9-15/h5-6,10-11,15H,2-4,7-9,12-14H2,1H3,(H2,23,25)(H,24,28). The molecular weight excluding hydrogens is 366 g/mol. The molecule has 7 heteroatoms. The second-order valence-corrected chi connectivity index (χ2v) is 7.65. The van der Waals surface area contributed by atoms with Crippen LogP contribution in [0.2, 0.25) is 0 Å². The van der Waals surface area contributed by atoms with E-state index in [-0.39, 0.29) is 11.8 Å². The average Bonchev–Trinajstić information content (AvgIpc) is 3.38. The minimum Gasteiger partial charge on any atom is -0.382 e. The Bertz CT molecular complexity index is 1010. The number of aromatic nitrogens is 3. The van der Waals surface area contributed by atoms with Crippen molar-refractivity contribution in [2.75, 3.05) is 18.9 Å². The molecule has 0 bridgehead atoms. The van der Waals surface area contributed by atoms with Gasteiger partial charge in [-0.2, -0.15) is 0 Å². The van der Waals surface area contributed by atoms with Gasteiger partial charge in [0.25, 0.3) is 0 Å². The number of hydrogen-bond donors (Lipinski definition) is 2. The Balaban J connectivity index is 1.58. The van der Waals surface area contributed by atoms with Gasteiger partial charge in [-0.15, -0.1) is 0 Å². The van der Waals surface area contributed by atoms with Gasteiger partial charge in [-0.1, -0.05) is 31.0 Å². The summed E-state index contributed by atoms with van der Waals surface area (Å²) in [5.74, 6) is 1.68. The molecular formula is C22H29N5O2. The predicted molar refractivity (Wildman–Crippen MR) is 114 cm³/mol. The molecule has 29 heavy (non-hydrogen) atoms. The van der Waals surface area contributed by atoms with Crippen LogP contribution in [0.3, 0.4) is 0 Å². The van der Waals surface area contributed by atoms with Crippen LogP contribution in [0.15, 0.2) is 24.3 Å². The first-order valence-electron chi connectivity index (χ1n) is 10.6. The molecule has 1 aliphatic carbocycles. The number of nitrogens with two attached hydrogens (primary N) is 1. The van der Waals surface area contributed by atoms with E-state index in [0.717, 1.165) is 48.1 Å². The lowest BCUT2D eigenvalue weighted by Gasteiger charge is -2.13. The van der Waals surface area contributed by atoms with Crippen molar-refractivity contribution in [1.29, 1.82) is 0 Å². The largest absolute Gasteiger partial charge is 0.382 e. The lowest BCUT2D eigenvalue weighted by molar-refractivity contribution is -0.124. The van der Waals surface area contributed by atoms with E-state index < -0.39 is 0 Å². The van der Waals surface area contributed by atoms with Gasteiger partial charge >= 0.3 is 0 Å². The van der Waals surface area contributed by atoms with E-state index in [1.165, 1.54) is 12.8 Å². The Labute approximate surface area is 170 Å². The van der Waals surface area contributed by atoms with Gasteiger partial charge in [0, 0.05) is 31.0 Å². The van der Waals surface area contributed by atoms with E-state index in [0.29, 0.717) is 31.1 Å². The molecule has 0 spiro atoms. The van der Waals surface area contributed by atoms with E-state index in [2.05, 4.69) is 20.9 Å². The first-order chi connectivity index (χ1) is 14.2. The number of aryl methyl sites for hydroxylation is 1. The second-order valence-electron chi connectivity index (χ2n) is 7.65. The maximum Gasteiger partial charge on any atom is 0.223 e. The summed E-state index contributed by atoms with van der Waals surface area (Å²) < 4.78 is 7.81. The third-order valence-electron chi connectivity index (χ3n) is 5.71. The number of amides is 1. The van der Waals surface area contributed by atoms with Crippen LogP contribution in [0.4, 0.5) is 5.82 Å². The van der Waals surface area contributed by atoms with Crippen LogP contribution >= 0.6 is 0 Å². The maximum absolute atomic E-state index is 12.3. The Morgan fingerprint density at radius 3 is 2.86 bits per heavy atom. The van der Waals surface area contributed by atoms with E-state index in [9.17, 15) is 4.79 Å². The molecule has 0 radical (unpaired) electrons. The predicted octanol–water partition coefficient (Wildman–Crippen LogP) is 3.40. The first-order valence-corrected chi connectivity index (χ1v) is 10.6. The molecule has 3 aromatic rings. The first kappa shape index (κ1) is 19.6. The molecule has 0 aliphatic heterocycles. The van der Waals surface area contributed by atoms with Crippen molar-refractivity contribution < 1.29 is 9.53 Å². The molecule has 7 nitrogen and oxygen atoms in total. The number of carbonyl (C=O) groups excluding carboxylic acids is 1. The lowest BCUT2D eigenvalue weighted by atomic mass is 10.1. The molecule has 0 unspecified atom stereocenters. The van der Waals surface area contributed by atoms with Crippen LogP contribution < -0.4 is 11.1 Å². The third kappa shape index (κ3) is 4.05. The van der Waals surface area contributed by atoms with Gasteiger partial charge < -0.3 is 20.4 Å². The number of hydrogen-bond acceptors (Lipinski definition) is 5. The zero-order chi connectivity index (χ0) is 20.2. The van der Waals surface area contributed by atoms with Crippen LogP contribution in [0.5, 0.6) is 0 Å². The van der Waals surface area contributed by atoms with Crippen LogP contribution in [0.1, 0.15) is 44.9 Å². The lowest BCUT2D eigenvalue weighted by Crippen LogP contribution is -2.30. The van der Waals surface area contributed by atoms with Gasteiger partial charge in [-0.3, -0.25) is 4.79 Å². The molecule has 154 valence electrons. The van der Waals surface area contributed by atoms with Gasteiger partial charge in [0.1, 0.15) is 17.9 Å². The number of ether oxygens (including phenoxy) is 1. The summed E-state index contributed by atoms with van der Waals surface area (Å²) in [6, 6.07) is 7.98. The van der Waals surface area contributed by atoms with Crippen molar-refractivity contribution in [1.82, 2.24) is 19.9 Å². The number of rotatable bonds is 8. The number of carbonyl (C=O) groups is 1. The van der Waals surface area contributed by atoms with Crippen molar-refractivity contribution in [2.24, 2.45) is 5.92 Å². The molecule has 1 aromatic carbocycles. The van der Waals surface area contributed by atoms with E-state index in [4.69, 9.17) is 15.5 Å². The van der Waals surface area contributed by atoms with Crippen molar-refractivity contribution in [3.8, 4) is 0 Å². The fraction of sp³-hybridized carbons (Fsp3) is 0.500. The fourth-order valence-corrected chi connectivity index (χ4v) is 4.23. The van der Waals surface area contributed by atoms with E-state index in [1.54, 1.807) is 0 Å². The van der Waals surface area contributed by atoms with Crippen molar-refractivity contribution in [3.05, 3.63) is 30.1 Å². The molecule has 2 heterocycles. The number of nitrogens with one attached hydrogen (secondary N) is 1. The van der Waals surface area contributed by atoms with E-state index >= 15 is 0 Å². The van der Waals surface area contributed by atoms with Crippen molar-refractivity contribution in [2.45, 2.75) is 52.2 Å². The summed E-state index contributed by atoms with van der Waals surface area (Å²) in [4.78, 5) is 21.5. The molecule has 1 amide bonds. The smallest absolute Gasteiger partial charge is 0.223 e. The third-order valence-corrected chi connectivity index (χ3v) is 5.71. The summed E-state index contributed by atoms with van der Waals surface area (Å²) in [5.41, 5.74) is 8.78. The molecule has 4 rings (SSSR count). The summed E-state index contributed by atoms with van der Waals surface area (Å²) in [7, 11) is 0. The van der Waals surface area contributed by atoms with Crippen molar-refractivity contribution >= 4 is 33.7 Å². The number of nitrogen functional groups attached to an aromatic ring is 1. The van der Waals surface area contributed by atoms with Gasteiger partial charge in [-0.05, 0) is 32.3 Å². The second kappa shape index (κ2) is 8.78. The molecule has 1 fully saturated rings. The molecule has 0 atom stereocenters. The van der Waals surface area contributed by atoms with E-state index in [1.807, 2.05) is 25.1 Å². The Kier molecular flexibility index (Phi) is 5.94. The Morgan fingerprint density at radius 1 is 1.28 bits per heavy atom. The van der Waals surface area contributed by atoms with Gasteiger partial charge in [0.2, 0.25) is 5.91 Å². The van der Waals surface area contributed by atoms with Gasteiger partial charge in [-0.25, -0.2) is 9.97 Å². The summed E-state index contributed by atoms with van der Waals surface area (Å²) in [6.07, 6.45) is 5.20. The SMILES string of the molecule is CCOCc1nc2c(N)nc3ccccc3c2n1CCCNC(=O)C1CCCC1. The highest BCUT2D eigenvalue weighted by atomic mass is 16.5. The molecule has 1 saturated carbocycles. The molecule has 1 aliphatic rings. The summed E-state index contributed by atoms with van der Waals surface area (Å²) in [5, 5.41) is 4.13. The van der Waals surface area contributed by atoms with Crippen LogP contribution in [0.25, 0.3) is 21.9 Å². The van der Waals surface area contributed by atoms with Crippen molar-refractivity contribution in [3.63, 3.8) is 0 Å². The summed E-state index contributed by atoms with van der Waals surface area (Å²) in [6.45, 7) is 4.40. The van der Waals surface area contributed by atoms with Crippen LogP contribution in [-0.2, 0) is 22.7 Å². The minimum atomic E-state index is 0.200. The fourth-order valence-electron chi connectivity index (χ4n) is 4.23. The Morgan fingerprint density at radius 2 is 2.07 bits per heavy atom. The topological polar surface area (TPSA) is 95.1 Å². The zero-order valence-corrected chi connectivity index (χ0v) is 17.0. The number of fused-ring (bicyclic) bond motifs is 3. The minimum absolute atomic E-state index is 0.200. The number of imidazole rings is 1. The molecule has 2 aromatic heterocycles. The molecule has 0 saturated heterocycles. The highest BCUT2D eigenvalue weighted by molar-refractivity contribution is 6.06. The highest BCUT2D eigenvalue weighted by Crippen LogP contribution is 2.29. The normalized spacial score (nSPS) is 14.8. The number of pyridine rings is 1. The Hall–Kier alpha value is -2.67.